The van der Waals surface area contributed by atoms with E-state index in [1.54, 1.807) is 13.0 Å². The quantitative estimate of drug-likeness (QED) is 0.527. The van der Waals surface area contributed by atoms with E-state index in [0.29, 0.717) is 0 Å². The van der Waals surface area contributed by atoms with Gasteiger partial charge in [0.2, 0.25) is 0 Å². The van der Waals surface area contributed by atoms with Crippen LogP contribution >= 0.6 is 15.9 Å². The van der Waals surface area contributed by atoms with E-state index in [0.717, 1.165) is 10.2 Å². The van der Waals surface area contributed by atoms with E-state index in [1.165, 1.54) is 6.20 Å². The normalized spacial score (nSPS) is 10.5. The highest BCUT2D eigenvalue weighted by molar-refractivity contribution is 9.10. The lowest BCUT2D eigenvalue weighted by Crippen LogP contribution is -2.07. The zero-order valence-corrected chi connectivity index (χ0v) is 10.8. The highest BCUT2D eigenvalue weighted by Crippen LogP contribution is 2.14. The maximum absolute atomic E-state index is 11.3. The predicted octanol–water partition coefficient (Wildman–Crippen LogP) is 2.83. The van der Waals surface area contributed by atoms with E-state index in [-0.39, 0.29) is 12.2 Å². The summed E-state index contributed by atoms with van der Waals surface area (Å²) in [4.78, 5) is 11.3. The van der Waals surface area contributed by atoms with Crippen molar-refractivity contribution in [1.29, 1.82) is 5.26 Å². The summed E-state index contributed by atoms with van der Waals surface area (Å²) < 4.78 is 5.68. The van der Waals surface area contributed by atoms with Crippen molar-refractivity contribution < 1.29 is 9.53 Å². The minimum absolute atomic E-state index is 0.0604. The first-order valence-electron chi connectivity index (χ1n) is 4.97. The van der Waals surface area contributed by atoms with Gasteiger partial charge in [-0.25, -0.2) is 4.79 Å². The van der Waals surface area contributed by atoms with Crippen LogP contribution in [0.4, 0.5) is 5.69 Å². The summed E-state index contributed by atoms with van der Waals surface area (Å²) in [6.07, 6.45) is 1.33. The molecule has 0 radical (unpaired) electrons. The van der Waals surface area contributed by atoms with Crippen molar-refractivity contribution in [3.8, 4) is 6.07 Å². The van der Waals surface area contributed by atoms with Gasteiger partial charge in [-0.3, -0.25) is 0 Å². The number of halogens is 1. The second-order valence-corrected chi connectivity index (χ2v) is 3.96. The third-order valence-electron chi connectivity index (χ3n) is 1.84. The molecular weight excluding hydrogens is 284 g/mol. The first-order chi connectivity index (χ1) is 8.17. The van der Waals surface area contributed by atoms with Crippen molar-refractivity contribution in [3.05, 3.63) is 40.5 Å². The monoisotopic (exact) mass is 294 g/mol. The van der Waals surface area contributed by atoms with E-state index in [9.17, 15) is 4.79 Å². The van der Waals surface area contributed by atoms with E-state index in [1.807, 2.05) is 24.3 Å². The number of ether oxygens (including phenoxy) is 1. The van der Waals surface area contributed by atoms with E-state index in [2.05, 4.69) is 21.2 Å². The highest BCUT2D eigenvalue weighted by atomic mass is 79.9. The van der Waals surface area contributed by atoms with Gasteiger partial charge >= 0.3 is 5.97 Å². The number of nitriles is 1. The zero-order chi connectivity index (χ0) is 12.7. The fourth-order valence-corrected chi connectivity index (χ4v) is 1.31. The maximum atomic E-state index is 11.3. The van der Waals surface area contributed by atoms with Gasteiger partial charge in [0.25, 0.3) is 0 Å². The number of anilines is 1. The summed E-state index contributed by atoms with van der Waals surface area (Å²) in [5.74, 6) is -0.625. The van der Waals surface area contributed by atoms with Gasteiger partial charge in [-0.05, 0) is 31.2 Å². The first kappa shape index (κ1) is 13.3. The van der Waals surface area contributed by atoms with Gasteiger partial charge in [0.1, 0.15) is 6.07 Å². The van der Waals surface area contributed by atoms with Crippen molar-refractivity contribution in [2.45, 2.75) is 6.92 Å². The second kappa shape index (κ2) is 6.71. The Balaban J connectivity index is 2.71. The molecule has 1 N–H and O–H groups in total. The molecule has 0 atom stereocenters. The van der Waals surface area contributed by atoms with E-state index in [4.69, 9.17) is 10.00 Å². The van der Waals surface area contributed by atoms with Crippen LogP contribution in [-0.2, 0) is 9.53 Å². The number of nitrogens with zero attached hydrogens (tertiary/aromatic N) is 1. The van der Waals surface area contributed by atoms with Gasteiger partial charge < -0.3 is 10.1 Å². The summed E-state index contributed by atoms with van der Waals surface area (Å²) in [6, 6.07) is 9.13. The number of esters is 1. The molecule has 5 heteroatoms. The zero-order valence-electron chi connectivity index (χ0n) is 9.24. The molecule has 0 spiro atoms. The van der Waals surface area contributed by atoms with Crippen LogP contribution in [0.3, 0.4) is 0 Å². The Kier molecular flexibility index (Phi) is 5.24. The van der Waals surface area contributed by atoms with Gasteiger partial charge in [-0.1, -0.05) is 15.9 Å². The van der Waals surface area contributed by atoms with Crippen LogP contribution in [0, 0.1) is 11.3 Å². The van der Waals surface area contributed by atoms with Crippen LogP contribution in [0.25, 0.3) is 0 Å². The summed E-state index contributed by atoms with van der Waals surface area (Å²) in [6.45, 7) is 1.94. The number of hydrogen-bond donors (Lipinski definition) is 1. The van der Waals surface area contributed by atoms with Crippen LogP contribution in [0.1, 0.15) is 6.92 Å². The molecule has 88 valence electrons. The van der Waals surface area contributed by atoms with Gasteiger partial charge in [0.15, 0.2) is 5.57 Å². The summed E-state index contributed by atoms with van der Waals surface area (Å²) in [5.41, 5.74) is 0.722. The average molecular weight is 295 g/mol. The van der Waals surface area contributed by atoms with Crippen LogP contribution in [-0.4, -0.2) is 12.6 Å². The van der Waals surface area contributed by atoms with Crippen molar-refractivity contribution in [1.82, 2.24) is 0 Å². The molecule has 4 nitrogen and oxygen atoms in total. The molecule has 0 aliphatic heterocycles. The van der Waals surface area contributed by atoms with Crippen LogP contribution in [0.15, 0.2) is 40.5 Å². The van der Waals surface area contributed by atoms with Gasteiger partial charge in [-0.2, -0.15) is 5.26 Å². The standard InChI is InChI=1S/C12H11BrN2O2/c1-2-17-12(16)9(7-14)8-15-11-5-3-10(13)4-6-11/h3-6,8,15H,2H2,1H3/b9-8+. The lowest BCUT2D eigenvalue weighted by Gasteiger charge is -2.02. The molecule has 1 rings (SSSR count). The number of rotatable bonds is 4. The van der Waals surface area contributed by atoms with Crippen LogP contribution in [0.2, 0.25) is 0 Å². The Morgan fingerprint density at radius 3 is 2.71 bits per heavy atom. The molecule has 0 fully saturated rings. The largest absolute Gasteiger partial charge is 0.462 e. The number of benzene rings is 1. The van der Waals surface area contributed by atoms with Gasteiger partial charge in [0.05, 0.1) is 6.61 Å². The molecule has 0 aliphatic carbocycles. The molecule has 0 aromatic heterocycles. The Hall–Kier alpha value is -1.80. The lowest BCUT2D eigenvalue weighted by molar-refractivity contribution is -0.138. The molecule has 0 unspecified atom stereocenters. The number of carbonyl (C=O) groups excluding carboxylic acids is 1. The van der Waals surface area contributed by atoms with Gasteiger partial charge in [-0.15, -0.1) is 0 Å². The smallest absolute Gasteiger partial charge is 0.350 e. The van der Waals surface area contributed by atoms with Crippen LogP contribution in [0.5, 0.6) is 0 Å². The predicted molar refractivity (Wildman–Crippen MR) is 68.1 cm³/mol. The van der Waals surface area contributed by atoms with Crippen molar-refractivity contribution in [2.24, 2.45) is 0 Å². The van der Waals surface area contributed by atoms with Crippen molar-refractivity contribution >= 4 is 27.6 Å². The van der Waals surface area contributed by atoms with Crippen molar-refractivity contribution in [2.75, 3.05) is 11.9 Å². The molecular formula is C12H11BrN2O2. The fraction of sp³-hybridized carbons (Fsp3) is 0.167. The minimum atomic E-state index is -0.625. The molecule has 17 heavy (non-hydrogen) atoms. The lowest BCUT2D eigenvalue weighted by atomic mass is 10.3. The Morgan fingerprint density at radius 1 is 1.53 bits per heavy atom. The second-order valence-electron chi connectivity index (χ2n) is 3.04. The maximum Gasteiger partial charge on any atom is 0.350 e. The summed E-state index contributed by atoms with van der Waals surface area (Å²) >= 11 is 3.31. The molecule has 1 aromatic rings. The number of carbonyl (C=O) groups is 1. The summed E-state index contributed by atoms with van der Waals surface area (Å²) in [7, 11) is 0. The summed E-state index contributed by atoms with van der Waals surface area (Å²) in [5, 5.41) is 11.6. The van der Waals surface area contributed by atoms with Crippen molar-refractivity contribution in [3.63, 3.8) is 0 Å². The Labute approximate surface area is 108 Å². The molecule has 0 saturated carbocycles. The SMILES string of the molecule is CCOC(=O)/C(C#N)=C/Nc1ccc(Br)cc1. The molecule has 0 heterocycles. The topological polar surface area (TPSA) is 62.1 Å². The minimum Gasteiger partial charge on any atom is -0.462 e. The third-order valence-corrected chi connectivity index (χ3v) is 2.37. The van der Waals surface area contributed by atoms with Crippen LogP contribution < -0.4 is 5.32 Å². The first-order valence-corrected chi connectivity index (χ1v) is 5.76. The number of hydrogen-bond acceptors (Lipinski definition) is 4. The molecule has 0 saturated heterocycles. The Bertz CT molecular complexity index is 460. The molecule has 1 aromatic carbocycles. The molecule has 0 bridgehead atoms. The fourth-order valence-electron chi connectivity index (χ4n) is 1.05. The van der Waals surface area contributed by atoms with E-state index >= 15 is 0 Å². The molecule has 0 amide bonds. The third kappa shape index (κ3) is 4.29. The van der Waals surface area contributed by atoms with E-state index < -0.39 is 5.97 Å². The highest BCUT2D eigenvalue weighted by Gasteiger charge is 2.08. The molecule has 0 aliphatic rings. The number of nitrogens with one attached hydrogen (secondary N) is 1. The average Bonchev–Trinajstić information content (AvgIpc) is 2.32. The Morgan fingerprint density at radius 2 is 2.18 bits per heavy atom. The van der Waals surface area contributed by atoms with Gasteiger partial charge in [0, 0.05) is 16.4 Å².